The van der Waals surface area contributed by atoms with Crippen LogP contribution in [0.5, 0.6) is 0 Å². The lowest BCUT2D eigenvalue weighted by molar-refractivity contribution is 0.311. The van der Waals surface area contributed by atoms with E-state index < -0.39 is 10.0 Å². The molecule has 1 saturated heterocycles. The molecule has 0 amide bonds. The molecule has 2 aliphatic heterocycles. The molecule has 3 N–H and O–H groups in total. The summed E-state index contributed by atoms with van der Waals surface area (Å²) in [6, 6.07) is 12.6. The maximum Gasteiger partial charge on any atom is 0.232 e. The number of anilines is 6. The lowest BCUT2D eigenvalue weighted by atomic mass is 10.1. The molecule has 0 aliphatic carbocycles. The Kier molecular flexibility index (Phi) is 6.07. The van der Waals surface area contributed by atoms with Crippen molar-refractivity contribution in [3.63, 3.8) is 0 Å². The molecule has 12 heteroatoms. The maximum absolute atomic E-state index is 15.1. The fourth-order valence-corrected chi connectivity index (χ4v) is 6.06. The number of sulfonamides is 1. The molecule has 198 valence electrons. The Balaban J connectivity index is 1.30. The van der Waals surface area contributed by atoms with Gasteiger partial charge in [0.2, 0.25) is 16.0 Å². The van der Waals surface area contributed by atoms with Gasteiger partial charge in [-0.15, -0.1) is 0 Å². The van der Waals surface area contributed by atoms with Gasteiger partial charge in [0, 0.05) is 44.6 Å². The molecule has 2 aromatic heterocycles. The number of aromatic amines is 1. The van der Waals surface area contributed by atoms with Crippen molar-refractivity contribution in [1.29, 1.82) is 0 Å². The Morgan fingerprint density at radius 1 is 1.00 bits per heavy atom. The summed E-state index contributed by atoms with van der Waals surface area (Å²) < 4.78 is 41.3. The topological polar surface area (TPSA) is 109 Å². The lowest BCUT2D eigenvalue weighted by Crippen LogP contribution is -2.44. The number of halogens is 1. The van der Waals surface area contributed by atoms with E-state index in [1.54, 1.807) is 12.3 Å². The highest BCUT2D eigenvalue weighted by molar-refractivity contribution is 7.92. The van der Waals surface area contributed by atoms with E-state index in [2.05, 4.69) is 42.4 Å². The first kappa shape index (κ1) is 24.4. The Bertz CT molecular complexity index is 1620. The second-order valence-electron chi connectivity index (χ2n) is 9.74. The number of nitrogens with one attached hydrogen (secondary N) is 3. The van der Waals surface area contributed by atoms with Crippen LogP contribution in [0.3, 0.4) is 0 Å². The van der Waals surface area contributed by atoms with E-state index in [0.717, 1.165) is 37.1 Å². The first-order valence-corrected chi connectivity index (χ1v) is 14.3. The summed E-state index contributed by atoms with van der Waals surface area (Å²) in [5.74, 6) is 0.475. The van der Waals surface area contributed by atoms with Crippen LogP contribution in [0.25, 0.3) is 11.0 Å². The number of benzene rings is 2. The zero-order valence-corrected chi connectivity index (χ0v) is 22.0. The molecule has 1 fully saturated rings. The predicted octanol–water partition coefficient (Wildman–Crippen LogP) is 3.66. The smallest absolute Gasteiger partial charge is 0.232 e. The van der Waals surface area contributed by atoms with E-state index in [4.69, 9.17) is 0 Å². The van der Waals surface area contributed by atoms with Crippen LogP contribution >= 0.6 is 0 Å². The molecule has 0 saturated carbocycles. The predicted molar refractivity (Wildman–Crippen MR) is 149 cm³/mol. The zero-order chi connectivity index (χ0) is 26.4. The molecular formula is C26H29FN8O2S. The number of piperazine rings is 1. The SMILES string of the molecule is CN1CCN(c2ccc(Nc3nc(Nc4cccc5c4N(S(C)(=O)=O)CC5)c4cc[nH]c4n3)cc2F)CC1. The van der Waals surface area contributed by atoms with Crippen molar-refractivity contribution in [3.05, 3.63) is 60.0 Å². The normalized spacial score (nSPS) is 16.2. The van der Waals surface area contributed by atoms with E-state index in [1.165, 1.54) is 16.6 Å². The minimum Gasteiger partial charge on any atom is -0.367 e. The van der Waals surface area contributed by atoms with Gasteiger partial charge in [0.05, 0.1) is 28.7 Å². The molecule has 0 unspecified atom stereocenters. The third kappa shape index (κ3) is 4.61. The summed E-state index contributed by atoms with van der Waals surface area (Å²) in [5.41, 5.74) is 3.93. The molecule has 2 aromatic carbocycles. The van der Waals surface area contributed by atoms with Crippen LogP contribution in [0.15, 0.2) is 48.7 Å². The molecule has 0 radical (unpaired) electrons. The Labute approximate surface area is 220 Å². The molecule has 0 bridgehead atoms. The van der Waals surface area contributed by atoms with Crippen molar-refractivity contribution in [2.24, 2.45) is 0 Å². The van der Waals surface area contributed by atoms with Crippen LogP contribution in [0, 0.1) is 5.82 Å². The minimum absolute atomic E-state index is 0.279. The van der Waals surface area contributed by atoms with E-state index in [0.29, 0.717) is 47.2 Å². The van der Waals surface area contributed by atoms with Crippen molar-refractivity contribution < 1.29 is 12.8 Å². The van der Waals surface area contributed by atoms with Crippen molar-refractivity contribution in [1.82, 2.24) is 19.9 Å². The number of likely N-dealkylation sites (N-methyl/N-ethyl adjacent to an activating group) is 1. The second-order valence-corrected chi connectivity index (χ2v) is 11.6. The average molecular weight is 537 g/mol. The number of nitrogens with zero attached hydrogens (tertiary/aromatic N) is 5. The zero-order valence-electron chi connectivity index (χ0n) is 21.2. The minimum atomic E-state index is -3.43. The highest BCUT2D eigenvalue weighted by atomic mass is 32.2. The summed E-state index contributed by atoms with van der Waals surface area (Å²) in [4.78, 5) is 16.6. The van der Waals surface area contributed by atoms with Gasteiger partial charge in [-0.2, -0.15) is 9.97 Å². The molecule has 0 atom stereocenters. The highest BCUT2D eigenvalue weighted by Gasteiger charge is 2.29. The molecule has 4 aromatic rings. The summed E-state index contributed by atoms with van der Waals surface area (Å²) >= 11 is 0. The quantitative estimate of drug-likeness (QED) is 0.343. The molecule has 6 rings (SSSR count). The second kappa shape index (κ2) is 9.44. The van der Waals surface area contributed by atoms with E-state index >= 15 is 4.39 Å². The Morgan fingerprint density at radius 3 is 2.58 bits per heavy atom. The van der Waals surface area contributed by atoms with Crippen LogP contribution in [0.2, 0.25) is 0 Å². The standard InChI is InChI=1S/C26H29FN8O2S/c1-33-12-14-34(15-13-33)22-7-6-18(16-20(22)27)29-26-31-24-19(8-10-28-24)25(32-26)30-21-5-3-4-17-9-11-35(23(17)21)38(2,36)37/h3-8,10,16H,9,11-15H2,1-2H3,(H3,28,29,30,31,32). The first-order valence-electron chi connectivity index (χ1n) is 12.5. The highest BCUT2D eigenvalue weighted by Crippen LogP contribution is 2.39. The van der Waals surface area contributed by atoms with E-state index in [1.807, 2.05) is 30.3 Å². The summed E-state index contributed by atoms with van der Waals surface area (Å²) in [6.07, 6.45) is 3.62. The molecular weight excluding hydrogens is 507 g/mol. The third-order valence-electron chi connectivity index (χ3n) is 7.07. The monoisotopic (exact) mass is 536 g/mol. The van der Waals surface area contributed by atoms with Gasteiger partial charge in [0.15, 0.2) is 0 Å². The fourth-order valence-electron chi connectivity index (χ4n) is 5.09. The number of H-pyrrole nitrogens is 1. The average Bonchev–Trinajstić information content (AvgIpc) is 3.53. The van der Waals surface area contributed by atoms with Gasteiger partial charge in [-0.3, -0.25) is 4.31 Å². The Hall–Kier alpha value is -3.90. The van der Waals surface area contributed by atoms with Gasteiger partial charge >= 0.3 is 0 Å². The van der Waals surface area contributed by atoms with Crippen LogP contribution in [0.4, 0.5) is 38.9 Å². The van der Waals surface area contributed by atoms with Gasteiger partial charge in [0.1, 0.15) is 17.3 Å². The number of fused-ring (bicyclic) bond motifs is 2. The number of aromatic nitrogens is 3. The fraction of sp³-hybridized carbons (Fsp3) is 0.308. The van der Waals surface area contributed by atoms with Gasteiger partial charge in [-0.05, 0) is 49.4 Å². The number of hydrogen-bond donors (Lipinski definition) is 3. The number of rotatable bonds is 6. The molecule has 2 aliphatic rings. The van der Waals surface area contributed by atoms with Crippen molar-refractivity contribution in [3.8, 4) is 0 Å². The van der Waals surface area contributed by atoms with Crippen LogP contribution in [0.1, 0.15) is 5.56 Å². The van der Waals surface area contributed by atoms with Crippen LogP contribution < -0.4 is 19.8 Å². The van der Waals surface area contributed by atoms with Crippen molar-refractivity contribution >= 4 is 55.6 Å². The van der Waals surface area contributed by atoms with Gasteiger partial charge in [-0.25, -0.2) is 12.8 Å². The van der Waals surface area contributed by atoms with E-state index in [-0.39, 0.29) is 11.8 Å². The molecule has 0 spiro atoms. The summed E-state index contributed by atoms with van der Waals surface area (Å²) in [6.45, 7) is 3.75. The Morgan fingerprint density at radius 2 is 1.82 bits per heavy atom. The molecule has 4 heterocycles. The van der Waals surface area contributed by atoms with Crippen molar-refractivity contribution in [2.75, 3.05) is 65.9 Å². The van der Waals surface area contributed by atoms with Crippen molar-refractivity contribution in [2.45, 2.75) is 6.42 Å². The van der Waals surface area contributed by atoms with Gasteiger partial charge in [0.25, 0.3) is 0 Å². The maximum atomic E-state index is 15.1. The van der Waals surface area contributed by atoms with Gasteiger partial charge < -0.3 is 25.4 Å². The third-order valence-corrected chi connectivity index (χ3v) is 8.24. The molecule has 38 heavy (non-hydrogen) atoms. The summed E-state index contributed by atoms with van der Waals surface area (Å²) in [5, 5.41) is 7.19. The molecule has 10 nitrogen and oxygen atoms in total. The number of hydrogen-bond acceptors (Lipinski definition) is 8. The largest absolute Gasteiger partial charge is 0.367 e. The number of para-hydroxylation sites is 1. The van der Waals surface area contributed by atoms with Crippen LogP contribution in [-0.2, 0) is 16.4 Å². The summed E-state index contributed by atoms with van der Waals surface area (Å²) in [7, 11) is -1.36. The van der Waals surface area contributed by atoms with Crippen LogP contribution in [-0.4, -0.2) is 74.3 Å². The van der Waals surface area contributed by atoms with Gasteiger partial charge in [-0.1, -0.05) is 12.1 Å². The van der Waals surface area contributed by atoms with E-state index in [9.17, 15) is 8.42 Å². The first-order chi connectivity index (χ1) is 18.3. The lowest BCUT2D eigenvalue weighted by Gasteiger charge is -2.34.